The molecule has 3 nitrogen and oxygen atoms in total. The van der Waals surface area contributed by atoms with E-state index in [0.29, 0.717) is 5.56 Å². The van der Waals surface area contributed by atoms with Gasteiger partial charge in [0.15, 0.2) is 0 Å². The number of hydrogen-bond acceptors (Lipinski definition) is 2. The van der Waals surface area contributed by atoms with Crippen molar-refractivity contribution >= 4 is 5.91 Å². The third-order valence-electron chi connectivity index (χ3n) is 2.50. The van der Waals surface area contributed by atoms with Crippen LogP contribution in [0.25, 0.3) is 0 Å². The van der Waals surface area contributed by atoms with Crippen LogP contribution in [-0.4, -0.2) is 30.0 Å². The van der Waals surface area contributed by atoms with E-state index in [-0.39, 0.29) is 12.0 Å². The number of ether oxygens (including phenoxy) is 1. The largest absolute Gasteiger partial charge is 0.491 e. The second-order valence-corrected chi connectivity index (χ2v) is 4.17. The summed E-state index contributed by atoms with van der Waals surface area (Å²) < 4.78 is 5.58. The van der Waals surface area contributed by atoms with Crippen LogP contribution in [0.1, 0.15) is 38.1 Å². The average Bonchev–Trinajstić information content (AvgIpc) is 2.30. The van der Waals surface area contributed by atoms with Crippen LogP contribution in [0.15, 0.2) is 24.3 Å². The number of benzene rings is 1. The Morgan fingerprint density at radius 2 is 1.94 bits per heavy atom. The first-order chi connectivity index (χ1) is 8.08. The lowest BCUT2D eigenvalue weighted by atomic mass is 10.2. The van der Waals surface area contributed by atoms with Gasteiger partial charge in [0.05, 0.1) is 6.10 Å². The molecule has 0 bridgehead atoms. The molecule has 0 aromatic heterocycles. The van der Waals surface area contributed by atoms with Gasteiger partial charge >= 0.3 is 0 Å². The topological polar surface area (TPSA) is 29.5 Å². The molecule has 94 valence electrons. The highest BCUT2D eigenvalue weighted by Gasteiger charge is 2.12. The lowest BCUT2D eigenvalue weighted by molar-refractivity contribution is 0.0772. The van der Waals surface area contributed by atoms with E-state index in [9.17, 15) is 4.79 Å². The molecule has 0 saturated carbocycles. The van der Waals surface area contributed by atoms with Gasteiger partial charge in [-0.2, -0.15) is 0 Å². The maximum Gasteiger partial charge on any atom is 0.253 e. The minimum absolute atomic E-state index is 0.0595. The van der Waals surface area contributed by atoms with Gasteiger partial charge in [0.1, 0.15) is 5.75 Å². The van der Waals surface area contributed by atoms with Crippen LogP contribution in [0.5, 0.6) is 5.75 Å². The van der Waals surface area contributed by atoms with Crippen LogP contribution in [0, 0.1) is 0 Å². The first-order valence-electron chi connectivity index (χ1n) is 6.14. The van der Waals surface area contributed by atoms with Gasteiger partial charge in [0.2, 0.25) is 0 Å². The normalized spacial score (nSPS) is 10.4. The second-order valence-electron chi connectivity index (χ2n) is 4.17. The smallest absolute Gasteiger partial charge is 0.253 e. The zero-order valence-electron chi connectivity index (χ0n) is 11.1. The number of carbonyl (C=O) groups excluding carboxylic acids is 1. The summed E-state index contributed by atoms with van der Waals surface area (Å²) in [7, 11) is 0. The second kappa shape index (κ2) is 6.28. The Balaban J connectivity index is 2.87. The lowest BCUT2D eigenvalue weighted by Crippen LogP contribution is -2.30. The maximum absolute atomic E-state index is 12.1. The number of amides is 1. The zero-order valence-corrected chi connectivity index (χ0v) is 11.1. The van der Waals surface area contributed by atoms with Crippen LogP contribution in [-0.2, 0) is 0 Å². The van der Waals surface area contributed by atoms with Crippen molar-refractivity contribution in [2.75, 3.05) is 13.1 Å². The van der Waals surface area contributed by atoms with E-state index < -0.39 is 0 Å². The molecule has 0 aliphatic carbocycles. The monoisotopic (exact) mass is 235 g/mol. The third kappa shape index (κ3) is 3.77. The predicted molar refractivity (Wildman–Crippen MR) is 69.5 cm³/mol. The van der Waals surface area contributed by atoms with Gasteiger partial charge in [0, 0.05) is 18.7 Å². The van der Waals surface area contributed by atoms with Crippen LogP contribution >= 0.6 is 0 Å². The molecule has 0 atom stereocenters. The highest BCUT2D eigenvalue weighted by Crippen LogP contribution is 2.16. The number of rotatable bonds is 5. The molecule has 0 saturated heterocycles. The standard InChI is InChI=1S/C14H21NO2/c1-5-15(6-2)14(16)12-8-7-9-13(10-12)17-11(3)4/h7-11H,5-6H2,1-4H3. The molecule has 0 unspecified atom stereocenters. The molecule has 17 heavy (non-hydrogen) atoms. The van der Waals surface area contributed by atoms with Crippen molar-refractivity contribution in [2.45, 2.75) is 33.8 Å². The van der Waals surface area contributed by atoms with E-state index >= 15 is 0 Å². The molecule has 1 aromatic carbocycles. The number of carbonyl (C=O) groups is 1. The Labute approximate surface area is 103 Å². The van der Waals surface area contributed by atoms with Crippen molar-refractivity contribution in [1.29, 1.82) is 0 Å². The highest BCUT2D eigenvalue weighted by atomic mass is 16.5. The SMILES string of the molecule is CCN(CC)C(=O)c1cccc(OC(C)C)c1. The quantitative estimate of drug-likeness (QED) is 0.785. The van der Waals surface area contributed by atoms with Crippen molar-refractivity contribution in [1.82, 2.24) is 4.90 Å². The zero-order chi connectivity index (χ0) is 12.8. The van der Waals surface area contributed by atoms with E-state index in [1.54, 1.807) is 11.0 Å². The van der Waals surface area contributed by atoms with Crippen LogP contribution in [0.2, 0.25) is 0 Å². The molecule has 0 aliphatic heterocycles. The summed E-state index contributed by atoms with van der Waals surface area (Å²) in [6, 6.07) is 7.36. The van der Waals surface area contributed by atoms with Crippen molar-refractivity contribution in [2.24, 2.45) is 0 Å². The van der Waals surface area contributed by atoms with Gasteiger partial charge in [-0.25, -0.2) is 0 Å². The van der Waals surface area contributed by atoms with Crippen molar-refractivity contribution in [3.63, 3.8) is 0 Å². The Kier molecular flexibility index (Phi) is 5.01. The fraction of sp³-hybridized carbons (Fsp3) is 0.500. The minimum Gasteiger partial charge on any atom is -0.491 e. The Morgan fingerprint density at radius 1 is 1.29 bits per heavy atom. The molecule has 3 heteroatoms. The van der Waals surface area contributed by atoms with Gasteiger partial charge in [-0.05, 0) is 45.9 Å². The summed E-state index contributed by atoms with van der Waals surface area (Å²) in [6.45, 7) is 9.36. The van der Waals surface area contributed by atoms with Crippen LogP contribution < -0.4 is 4.74 Å². The Hall–Kier alpha value is -1.51. The molecule has 1 aromatic rings. The predicted octanol–water partition coefficient (Wildman–Crippen LogP) is 2.96. The average molecular weight is 235 g/mol. The van der Waals surface area contributed by atoms with Crippen molar-refractivity contribution < 1.29 is 9.53 Å². The molecule has 0 fully saturated rings. The van der Waals surface area contributed by atoms with Gasteiger partial charge in [-0.15, -0.1) is 0 Å². The highest BCUT2D eigenvalue weighted by molar-refractivity contribution is 5.94. The Bertz CT molecular complexity index is 370. The van der Waals surface area contributed by atoms with Crippen LogP contribution in [0.3, 0.4) is 0 Å². The first kappa shape index (κ1) is 13.6. The van der Waals surface area contributed by atoms with E-state index in [0.717, 1.165) is 18.8 Å². The molecule has 0 N–H and O–H groups in total. The molecular weight excluding hydrogens is 214 g/mol. The van der Waals surface area contributed by atoms with Gasteiger partial charge < -0.3 is 9.64 Å². The van der Waals surface area contributed by atoms with Gasteiger partial charge in [0.25, 0.3) is 5.91 Å². The molecule has 0 spiro atoms. The summed E-state index contributed by atoms with van der Waals surface area (Å²) in [4.78, 5) is 13.9. The molecule has 0 heterocycles. The van der Waals surface area contributed by atoms with E-state index in [4.69, 9.17) is 4.74 Å². The van der Waals surface area contributed by atoms with E-state index in [2.05, 4.69) is 0 Å². The molecule has 1 amide bonds. The van der Waals surface area contributed by atoms with E-state index in [1.807, 2.05) is 45.9 Å². The van der Waals surface area contributed by atoms with Crippen molar-refractivity contribution in [3.8, 4) is 5.75 Å². The lowest BCUT2D eigenvalue weighted by Gasteiger charge is -2.19. The van der Waals surface area contributed by atoms with Gasteiger partial charge in [-0.1, -0.05) is 6.07 Å². The summed E-state index contributed by atoms with van der Waals surface area (Å²) in [6.07, 6.45) is 0.119. The third-order valence-corrected chi connectivity index (χ3v) is 2.50. The summed E-state index contributed by atoms with van der Waals surface area (Å²) in [5, 5.41) is 0. The number of nitrogens with zero attached hydrogens (tertiary/aromatic N) is 1. The minimum atomic E-state index is 0.0595. The summed E-state index contributed by atoms with van der Waals surface area (Å²) >= 11 is 0. The summed E-state index contributed by atoms with van der Waals surface area (Å²) in [5.74, 6) is 0.808. The van der Waals surface area contributed by atoms with Gasteiger partial charge in [-0.3, -0.25) is 4.79 Å². The fourth-order valence-corrected chi connectivity index (χ4v) is 1.67. The number of hydrogen-bond donors (Lipinski definition) is 0. The molecule has 0 aliphatic rings. The van der Waals surface area contributed by atoms with E-state index in [1.165, 1.54) is 0 Å². The maximum atomic E-state index is 12.1. The molecule has 0 radical (unpaired) electrons. The Morgan fingerprint density at radius 3 is 2.47 bits per heavy atom. The molecule has 1 rings (SSSR count). The van der Waals surface area contributed by atoms with Crippen LogP contribution in [0.4, 0.5) is 0 Å². The molecular formula is C14H21NO2. The summed E-state index contributed by atoms with van der Waals surface area (Å²) in [5.41, 5.74) is 0.687. The van der Waals surface area contributed by atoms with Crippen molar-refractivity contribution in [3.05, 3.63) is 29.8 Å². The first-order valence-corrected chi connectivity index (χ1v) is 6.14. The fourth-order valence-electron chi connectivity index (χ4n) is 1.67.